The lowest BCUT2D eigenvalue weighted by molar-refractivity contribution is -0.128. The van der Waals surface area contributed by atoms with Crippen LogP contribution in [0.4, 0.5) is 11.5 Å². The second-order valence-corrected chi connectivity index (χ2v) is 13.0. The lowest BCUT2D eigenvalue weighted by Crippen LogP contribution is -2.56. The summed E-state index contributed by atoms with van der Waals surface area (Å²) in [7, 11) is 4.22. The molecule has 1 amide bonds. The zero-order valence-corrected chi connectivity index (χ0v) is 26.4. The molecule has 9 nitrogen and oxygen atoms in total. The third-order valence-corrected chi connectivity index (χ3v) is 9.63. The molecule has 2 aromatic carbocycles. The van der Waals surface area contributed by atoms with Crippen LogP contribution in [-0.2, 0) is 17.8 Å². The number of piperazine rings is 1. The number of halogens is 1. The second kappa shape index (κ2) is 12.6. The Morgan fingerprint density at radius 1 is 1.18 bits per heavy atom. The molecule has 1 atom stereocenters. The largest absolute Gasteiger partial charge is 0.463 e. The number of ether oxygens (including phenoxy) is 1. The van der Waals surface area contributed by atoms with Gasteiger partial charge in [0.25, 0.3) is 0 Å². The van der Waals surface area contributed by atoms with Gasteiger partial charge in [0, 0.05) is 54.8 Å². The highest BCUT2D eigenvalue weighted by atomic mass is 35.5. The van der Waals surface area contributed by atoms with Crippen molar-refractivity contribution in [1.82, 2.24) is 19.8 Å². The molecule has 2 aliphatic heterocycles. The predicted molar refractivity (Wildman–Crippen MR) is 175 cm³/mol. The smallest absolute Gasteiger partial charge is 0.318 e. The van der Waals surface area contributed by atoms with Crippen LogP contribution in [0.25, 0.3) is 15.6 Å². The minimum Gasteiger partial charge on any atom is -0.463 e. The molecule has 2 fully saturated rings. The van der Waals surface area contributed by atoms with Crippen molar-refractivity contribution >= 4 is 39.8 Å². The Balaban J connectivity index is 1.34. The van der Waals surface area contributed by atoms with Crippen LogP contribution in [0.3, 0.4) is 0 Å². The van der Waals surface area contributed by atoms with Gasteiger partial charge in [0.15, 0.2) is 0 Å². The topological polar surface area (TPSA) is 69.4 Å². The standard InChI is InChI=1S/C34H40ClN7O2/c1-5-30(43)42-18-17-41(20-25(42)19-36-2)32-26-13-16-40(29-12-7-10-24-9-6-11-27(35)31(24)29)21-28(26)37-33(38-32)44-23-34(14-8-15-34)22-39(3)4/h5-7,9-12,25H,1,8,13-23H2,3-4H3/t25-/m0/s1. The number of amides is 1. The van der Waals surface area contributed by atoms with Gasteiger partial charge in [0.1, 0.15) is 11.9 Å². The number of fused-ring (bicyclic) bond motifs is 2. The van der Waals surface area contributed by atoms with E-state index in [0.29, 0.717) is 38.8 Å². The first-order valence-corrected chi connectivity index (χ1v) is 15.8. The molecule has 3 aliphatic rings. The molecule has 0 N–H and O–H groups in total. The van der Waals surface area contributed by atoms with Gasteiger partial charge in [-0.1, -0.05) is 48.9 Å². The first kappa shape index (κ1) is 30.2. The van der Waals surface area contributed by atoms with Gasteiger partial charge in [-0.2, -0.15) is 9.97 Å². The van der Waals surface area contributed by atoms with Crippen molar-refractivity contribution < 1.29 is 9.53 Å². The van der Waals surface area contributed by atoms with Crippen molar-refractivity contribution in [2.75, 3.05) is 69.8 Å². The molecule has 230 valence electrons. The minimum absolute atomic E-state index is 0.117. The molecule has 6 rings (SSSR count). The Morgan fingerprint density at radius 3 is 2.68 bits per heavy atom. The Morgan fingerprint density at radius 2 is 1.98 bits per heavy atom. The van der Waals surface area contributed by atoms with Crippen molar-refractivity contribution in [3.63, 3.8) is 0 Å². The molecule has 1 aromatic heterocycles. The summed E-state index contributed by atoms with van der Waals surface area (Å²) >= 11 is 6.72. The van der Waals surface area contributed by atoms with E-state index in [4.69, 9.17) is 32.9 Å². The lowest BCUT2D eigenvalue weighted by atomic mass is 9.69. The van der Waals surface area contributed by atoms with Crippen LogP contribution in [0.5, 0.6) is 6.01 Å². The van der Waals surface area contributed by atoms with Crippen LogP contribution < -0.4 is 14.5 Å². The van der Waals surface area contributed by atoms with Crippen LogP contribution >= 0.6 is 11.6 Å². The van der Waals surface area contributed by atoms with E-state index in [0.717, 1.165) is 70.9 Å². The fourth-order valence-corrected chi connectivity index (χ4v) is 7.37. The first-order chi connectivity index (χ1) is 21.3. The van der Waals surface area contributed by atoms with Gasteiger partial charge >= 0.3 is 6.01 Å². The molecule has 0 unspecified atom stereocenters. The SMILES string of the molecule is [C-]#[N+]C[C@H]1CN(c2nc(OCC3(CN(C)C)CCC3)nc3c2CCN(c2cccc4cccc(Cl)c24)C3)CCN1C(=O)C=C. The molecular formula is C34H40ClN7O2. The van der Waals surface area contributed by atoms with E-state index in [1.807, 2.05) is 12.1 Å². The van der Waals surface area contributed by atoms with E-state index in [1.54, 1.807) is 4.90 Å². The normalized spacial score (nSPS) is 19.3. The number of aromatic nitrogens is 2. The zero-order chi connectivity index (χ0) is 30.8. The highest BCUT2D eigenvalue weighted by Gasteiger charge is 2.39. The van der Waals surface area contributed by atoms with Crippen molar-refractivity contribution in [3.05, 3.63) is 76.8 Å². The summed E-state index contributed by atoms with van der Waals surface area (Å²) in [6.07, 6.45) is 5.58. The maximum absolute atomic E-state index is 12.6. The zero-order valence-electron chi connectivity index (χ0n) is 25.6. The Bertz CT molecular complexity index is 1590. The molecule has 0 bridgehead atoms. The Kier molecular flexibility index (Phi) is 8.66. The van der Waals surface area contributed by atoms with Gasteiger partial charge < -0.3 is 29.2 Å². The van der Waals surface area contributed by atoms with Crippen molar-refractivity contribution in [1.29, 1.82) is 0 Å². The number of nitrogens with zero attached hydrogens (tertiary/aromatic N) is 7. The summed E-state index contributed by atoms with van der Waals surface area (Å²) in [4.78, 5) is 34.9. The Labute approximate surface area is 264 Å². The first-order valence-electron chi connectivity index (χ1n) is 15.4. The third-order valence-electron chi connectivity index (χ3n) is 9.31. The number of anilines is 2. The number of rotatable bonds is 9. The van der Waals surface area contributed by atoms with Crippen LogP contribution in [0.1, 0.15) is 30.5 Å². The van der Waals surface area contributed by atoms with Gasteiger partial charge in [0.2, 0.25) is 12.5 Å². The summed E-state index contributed by atoms with van der Waals surface area (Å²) in [5.74, 6) is 0.722. The summed E-state index contributed by atoms with van der Waals surface area (Å²) in [6.45, 7) is 16.0. The average Bonchev–Trinajstić information content (AvgIpc) is 3.01. The lowest BCUT2D eigenvalue weighted by Gasteiger charge is -2.43. The monoisotopic (exact) mass is 613 g/mol. The van der Waals surface area contributed by atoms with Crippen LogP contribution in [0.15, 0.2) is 49.1 Å². The minimum atomic E-state index is -0.238. The quantitative estimate of drug-likeness (QED) is 0.246. The maximum atomic E-state index is 12.6. The number of benzene rings is 2. The fourth-order valence-electron chi connectivity index (χ4n) is 7.09. The van der Waals surface area contributed by atoms with Gasteiger partial charge in [-0.25, -0.2) is 6.57 Å². The van der Waals surface area contributed by atoms with Gasteiger partial charge in [-0.05, 0) is 57.0 Å². The van der Waals surface area contributed by atoms with Crippen LogP contribution in [0.2, 0.25) is 5.02 Å². The fraction of sp³-hybridized carbons (Fsp3) is 0.471. The van der Waals surface area contributed by atoms with Crippen molar-refractivity contribution in [3.8, 4) is 6.01 Å². The maximum Gasteiger partial charge on any atom is 0.318 e. The van der Waals surface area contributed by atoms with Gasteiger partial charge in [0.05, 0.1) is 23.9 Å². The van der Waals surface area contributed by atoms with E-state index >= 15 is 0 Å². The molecule has 0 spiro atoms. The van der Waals surface area contributed by atoms with Crippen LogP contribution in [-0.4, -0.2) is 91.7 Å². The summed E-state index contributed by atoms with van der Waals surface area (Å²) in [5.41, 5.74) is 3.26. The molecule has 1 aliphatic carbocycles. The molecule has 3 heterocycles. The molecular weight excluding hydrogens is 574 g/mol. The summed E-state index contributed by atoms with van der Waals surface area (Å²) in [5, 5.41) is 2.89. The van der Waals surface area contributed by atoms with E-state index in [2.05, 4.69) is 64.5 Å². The number of carbonyl (C=O) groups excluding carboxylic acids is 1. The highest BCUT2D eigenvalue weighted by molar-refractivity contribution is 6.36. The van der Waals surface area contributed by atoms with E-state index in [-0.39, 0.29) is 23.9 Å². The predicted octanol–water partition coefficient (Wildman–Crippen LogP) is 5.08. The van der Waals surface area contributed by atoms with Crippen LogP contribution in [0, 0.1) is 12.0 Å². The number of hydrogen-bond donors (Lipinski definition) is 0. The number of hydrogen-bond acceptors (Lipinski definition) is 7. The number of carbonyl (C=O) groups is 1. The molecule has 3 aromatic rings. The van der Waals surface area contributed by atoms with E-state index < -0.39 is 0 Å². The summed E-state index contributed by atoms with van der Waals surface area (Å²) in [6, 6.07) is 12.5. The molecule has 10 heteroatoms. The van der Waals surface area contributed by atoms with Crippen molar-refractivity contribution in [2.24, 2.45) is 5.41 Å². The van der Waals surface area contributed by atoms with E-state index in [9.17, 15) is 4.79 Å². The highest BCUT2D eigenvalue weighted by Crippen LogP contribution is 2.42. The third kappa shape index (κ3) is 5.93. The molecule has 1 saturated carbocycles. The Hall–Kier alpha value is -3.87. The second-order valence-electron chi connectivity index (χ2n) is 12.6. The summed E-state index contributed by atoms with van der Waals surface area (Å²) < 4.78 is 6.45. The molecule has 1 saturated heterocycles. The van der Waals surface area contributed by atoms with Gasteiger partial charge in [-0.3, -0.25) is 4.79 Å². The van der Waals surface area contributed by atoms with Gasteiger partial charge in [-0.15, -0.1) is 0 Å². The van der Waals surface area contributed by atoms with E-state index in [1.165, 1.54) is 12.5 Å². The molecule has 44 heavy (non-hydrogen) atoms. The van der Waals surface area contributed by atoms with Crippen molar-refractivity contribution in [2.45, 2.75) is 38.3 Å². The average molecular weight is 614 g/mol. The molecule has 0 radical (unpaired) electrons.